The molecule has 1 amide bonds. The minimum atomic E-state index is -0.224. The molecule has 74 valence electrons. The number of carbonyl (C=O) groups is 1. The van der Waals surface area contributed by atoms with Crippen molar-refractivity contribution in [3.8, 4) is 6.07 Å². The first-order chi connectivity index (χ1) is 5.99. The smallest absolute Gasteiger partial charge is 0.238 e. The molecule has 0 spiro atoms. The second-order valence-corrected chi connectivity index (χ2v) is 3.38. The Balaban J connectivity index is 3.93. The van der Waals surface area contributed by atoms with Gasteiger partial charge in [-0.05, 0) is 13.8 Å². The number of nitrogens with zero attached hydrogens (tertiary/aromatic N) is 2. The number of likely N-dealkylation sites (N-methyl/N-ethyl adjacent to an activating group) is 1. The first-order valence-corrected chi connectivity index (χ1v) is 4.33. The van der Waals surface area contributed by atoms with Gasteiger partial charge in [-0.25, -0.2) is 0 Å². The average Bonchev–Trinajstić information content (AvgIpc) is 2.03. The van der Waals surface area contributed by atoms with Crippen LogP contribution in [0.25, 0.3) is 0 Å². The SMILES string of the molecule is CC(CC#N)NC(C)C(=O)N(C)C. The molecular formula is C9H17N3O. The van der Waals surface area contributed by atoms with Crippen LogP contribution in [0.2, 0.25) is 0 Å². The molecule has 2 unspecified atom stereocenters. The number of amides is 1. The van der Waals surface area contributed by atoms with Gasteiger partial charge in [0.05, 0.1) is 18.5 Å². The van der Waals surface area contributed by atoms with Crippen molar-refractivity contribution in [1.29, 1.82) is 5.26 Å². The molecule has 1 N–H and O–H groups in total. The second-order valence-electron chi connectivity index (χ2n) is 3.38. The molecule has 2 atom stereocenters. The molecule has 0 fully saturated rings. The van der Waals surface area contributed by atoms with E-state index in [1.807, 2.05) is 6.92 Å². The summed E-state index contributed by atoms with van der Waals surface area (Å²) >= 11 is 0. The lowest BCUT2D eigenvalue weighted by atomic mass is 10.2. The topological polar surface area (TPSA) is 56.1 Å². The zero-order valence-electron chi connectivity index (χ0n) is 8.66. The monoisotopic (exact) mass is 183 g/mol. The Morgan fingerprint density at radius 3 is 2.46 bits per heavy atom. The molecule has 0 aromatic rings. The number of hydrogen-bond donors (Lipinski definition) is 1. The maximum Gasteiger partial charge on any atom is 0.238 e. The van der Waals surface area contributed by atoms with Gasteiger partial charge >= 0.3 is 0 Å². The molecule has 0 aliphatic heterocycles. The summed E-state index contributed by atoms with van der Waals surface area (Å²) in [7, 11) is 3.44. The van der Waals surface area contributed by atoms with Crippen molar-refractivity contribution >= 4 is 5.91 Å². The van der Waals surface area contributed by atoms with Crippen LogP contribution in [0.5, 0.6) is 0 Å². The van der Waals surface area contributed by atoms with E-state index < -0.39 is 0 Å². The van der Waals surface area contributed by atoms with Crippen LogP contribution in [0.4, 0.5) is 0 Å². The predicted octanol–water partition coefficient (Wildman–Crippen LogP) is 0.355. The molecule has 0 heterocycles. The second kappa shape index (κ2) is 5.55. The Bertz CT molecular complexity index is 207. The normalized spacial score (nSPS) is 14.4. The maximum absolute atomic E-state index is 11.4. The first-order valence-electron chi connectivity index (χ1n) is 4.33. The van der Waals surface area contributed by atoms with Gasteiger partial charge < -0.3 is 10.2 Å². The fourth-order valence-corrected chi connectivity index (χ4v) is 1.08. The largest absolute Gasteiger partial charge is 0.347 e. The van der Waals surface area contributed by atoms with Gasteiger partial charge in [0.25, 0.3) is 0 Å². The highest BCUT2D eigenvalue weighted by Gasteiger charge is 2.16. The number of nitrogens with one attached hydrogen (secondary N) is 1. The van der Waals surface area contributed by atoms with E-state index in [-0.39, 0.29) is 18.0 Å². The molecule has 0 aliphatic carbocycles. The molecule has 4 heteroatoms. The molecule has 0 radical (unpaired) electrons. The maximum atomic E-state index is 11.4. The van der Waals surface area contributed by atoms with Gasteiger partial charge in [0, 0.05) is 20.1 Å². The van der Waals surface area contributed by atoms with Crippen molar-refractivity contribution in [2.45, 2.75) is 32.4 Å². The zero-order valence-corrected chi connectivity index (χ0v) is 8.66. The van der Waals surface area contributed by atoms with Crippen LogP contribution in [-0.4, -0.2) is 37.0 Å². The number of hydrogen-bond acceptors (Lipinski definition) is 3. The molecule has 0 aliphatic rings. The predicted molar refractivity (Wildman–Crippen MR) is 51.0 cm³/mol. The minimum absolute atomic E-state index is 0.0322. The van der Waals surface area contributed by atoms with Crippen molar-refractivity contribution in [3.63, 3.8) is 0 Å². The van der Waals surface area contributed by atoms with Crippen molar-refractivity contribution in [2.75, 3.05) is 14.1 Å². The quantitative estimate of drug-likeness (QED) is 0.684. The van der Waals surface area contributed by atoms with Gasteiger partial charge in [-0.15, -0.1) is 0 Å². The Kier molecular flexibility index (Phi) is 5.09. The summed E-state index contributed by atoms with van der Waals surface area (Å²) in [6.07, 6.45) is 0.422. The lowest BCUT2D eigenvalue weighted by Gasteiger charge is -2.20. The molecule has 0 saturated heterocycles. The minimum Gasteiger partial charge on any atom is -0.347 e. The summed E-state index contributed by atoms with van der Waals surface area (Å²) in [5, 5.41) is 11.5. The first kappa shape index (κ1) is 11.9. The van der Waals surface area contributed by atoms with Crippen molar-refractivity contribution in [2.24, 2.45) is 0 Å². The summed E-state index contributed by atoms with van der Waals surface area (Å²) in [4.78, 5) is 12.9. The molecule has 0 aromatic heterocycles. The zero-order chi connectivity index (χ0) is 10.4. The molecule has 0 aromatic carbocycles. The third-order valence-electron chi connectivity index (χ3n) is 1.74. The van der Waals surface area contributed by atoms with Crippen molar-refractivity contribution in [1.82, 2.24) is 10.2 Å². The van der Waals surface area contributed by atoms with Crippen LogP contribution >= 0.6 is 0 Å². The van der Waals surface area contributed by atoms with Crippen LogP contribution in [-0.2, 0) is 4.79 Å². The van der Waals surface area contributed by atoms with E-state index in [0.717, 1.165) is 0 Å². The molecule has 0 saturated carbocycles. The van der Waals surface area contributed by atoms with Crippen LogP contribution in [0.1, 0.15) is 20.3 Å². The highest BCUT2D eigenvalue weighted by atomic mass is 16.2. The van der Waals surface area contributed by atoms with Crippen molar-refractivity contribution < 1.29 is 4.79 Å². The molecule has 4 nitrogen and oxygen atoms in total. The van der Waals surface area contributed by atoms with Gasteiger partial charge in [-0.2, -0.15) is 5.26 Å². The molecular weight excluding hydrogens is 166 g/mol. The van der Waals surface area contributed by atoms with Gasteiger partial charge in [0.15, 0.2) is 0 Å². The van der Waals surface area contributed by atoms with E-state index in [1.54, 1.807) is 21.0 Å². The molecule has 0 rings (SSSR count). The third-order valence-corrected chi connectivity index (χ3v) is 1.74. The van der Waals surface area contributed by atoms with Crippen LogP contribution in [0, 0.1) is 11.3 Å². The van der Waals surface area contributed by atoms with E-state index in [1.165, 1.54) is 4.90 Å². The lowest BCUT2D eigenvalue weighted by molar-refractivity contribution is -0.130. The van der Waals surface area contributed by atoms with Gasteiger partial charge in [0.2, 0.25) is 5.91 Å². The Morgan fingerprint density at radius 2 is 2.08 bits per heavy atom. The Hall–Kier alpha value is -1.08. The fourth-order valence-electron chi connectivity index (χ4n) is 1.08. The summed E-state index contributed by atoms with van der Waals surface area (Å²) in [5.74, 6) is 0.0322. The van der Waals surface area contributed by atoms with Crippen molar-refractivity contribution in [3.05, 3.63) is 0 Å². The van der Waals surface area contributed by atoms with E-state index >= 15 is 0 Å². The van der Waals surface area contributed by atoms with Crippen LogP contribution in [0.3, 0.4) is 0 Å². The highest BCUT2D eigenvalue weighted by Crippen LogP contribution is 1.94. The third kappa shape index (κ3) is 4.48. The molecule has 0 bridgehead atoms. The summed E-state index contributed by atoms with van der Waals surface area (Å²) in [6.45, 7) is 3.69. The Morgan fingerprint density at radius 1 is 1.54 bits per heavy atom. The van der Waals surface area contributed by atoms with Crippen LogP contribution < -0.4 is 5.32 Å². The van der Waals surface area contributed by atoms with E-state index in [4.69, 9.17) is 5.26 Å². The van der Waals surface area contributed by atoms with Gasteiger partial charge in [0.1, 0.15) is 0 Å². The number of nitriles is 1. The van der Waals surface area contributed by atoms with E-state index in [0.29, 0.717) is 6.42 Å². The van der Waals surface area contributed by atoms with Crippen LogP contribution in [0.15, 0.2) is 0 Å². The standard InChI is InChI=1S/C9H17N3O/c1-7(5-6-10)11-8(2)9(13)12(3)4/h7-8,11H,5H2,1-4H3. The average molecular weight is 183 g/mol. The highest BCUT2D eigenvalue weighted by molar-refractivity contribution is 5.80. The lowest BCUT2D eigenvalue weighted by Crippen LogP contribution is -2.45. The van der Waals surface area contributed by atoms with Gasteiger partial charge in [-0.1, -0.05) is 0 Å². The summed E-state index contributed by atoms with van der Waals surface area (Å²) in [6, 6.07) is 1.89. The summed E-state index contributed by atoms with van der Waals surface area (Å²) < 4.78 is 0. The molecule has 13 heavy (non-hydrogen) atoms. The summed E-state index contributed by atoms with van der Waals surface area (Å²) in [5.41, 5.74) is 0. The van der Waals surface area contributed by atoms with Gasteiger partial charge in [-0.3, -0.25) is 4.79 Å². The fraction of sp³-hybridized carbons (Fsp3) is 0.778. The number of carbonyl (C=O) groups excluding carboxylic acids is 1. The number of rotatable bonds is 4. The van der Waals surface area contributed by atoms with E-state index in [2.05, 4.69) is 11.4 Å². The Labute approximate surface area is 79.5 Å². The van der Waals surface area contributed by atoms with E-state index in [9.17, 15) is 4.79 Å².